The SMILES string of the molecule is C=CCn1c(=O)c2cnc(Nc3ccc(C4CCN(C5CCNCC5)CC4)cc3)nc2n1-c1ccc2c(n1)[C@@](O)(CC)CC2. The van der Waals surface area contributed by atoms with E-state index in [1.165, 1.54) is 44.3 Å². The number of hydrogen-bond acceptors (Lipinski definition) is 8. The van der Waals surface area contributed by atoms with Gasteiger partial charge in [0.1, 0.15) is 11.0 Å². The number of anilines is 2. The predicted octanol–water partition coefficient (Wildman–Crippen LogP) is 4.38. The van der Waals surface area contributed by atoms with Gasteiger partial charge in [0.25, 0.3) is 5.56 Å². The third-order valence-corrected chi connectivity index (χ3v) is 9.99. The zero-order valence-electron chi connectivity index (χ0n) is 25.5. The average molecular weight is 595 g/mol. The van der Waals surface area contributed by atoms with Gasteiger partial charge in [0.05, 0.1) is 12.2 Å². The second-order valence-corrected chi connectivity index (χ2v) is 12.5. The number of aryl methyl sites for hydroxylation is 1. The lowest BCUT2D eigenvalue weighted by Gasteiger charge is -2.39. The van der Waals surface area contributed by atoms with Crippen LogP contribution in [0.2, 0.25) is 0 Å². The van der Waals surface area contributed by atoms with E-state index in [0.717, 1.165) is 36.8 Å². The molecular weight excluding hydrogens is 552 g/mol. The average Bonchev–Trinajstić information content (AvgIpc) is 3.55. The lowest BCUT2D eigenvalue weighted by Crippen LogP contribution is -2.46. The van der Waals surface area contributed by atoms with E-state index in [1.54, 1.807) is 21.6 Å². The van der Waals surface area contributed by atoms with Gasteiger partial charge in [-0.2, -0.15) is 4.98 Å². The van der Waals surface area contributed by atoms with E-state index in [1.807, 2.05) is 19.1 Å². The molecular formula is C34H42N8O2. The van der Waals surface area contributed by atoms with E-state index in [4.69, 9.17) is 9.97 Å². The molecule has 10 heteroatoms. The molecule has 0 spiro atoms. The zero-order chi connectivity index (χ0) is 30.3. The number of aliphatic hydroxyl groups is 1. The quantitative estimate of drug-likeness (QED) is 0.258. The molecule has 2 saturated heterocycles. The van der Waals surface area contributed by atoms with Gasteiger partial charge < -0.3 is 20.6 Å². The first-order chi connectivity index (χ1) is 21.5. The van der Waals surface area contributed by atoms with Crippen molar-refractivity contribution in [3.05, 3.63) is 82.4 Å². The molecule has 0 radical (unpaired) electrons. The van der Waals surface area contributed by atoms with Crippen LogP contribution in [0.5, 0.6) is 0 Å². The van der Waals surface area contributed by atoms with Crippen LogP contribution >= 0.6 is 0 Å². The Bertz CT molecular complexity index is 1710. The Labute approximate surface area is 257 Å². The zero-order valence-corrected chi connectivity index (χ0v) is 25.5. The molecule has 0 saturated carbocycles. The highest BCUT2D eigenvalue weighted by molar-refractivity contribution is 5.77. The Morgan fingerprint density at radius 2 is 1.86 bits per heavy atom. The van der Waals surface area contributed by atoms with E-state index in [0.29, 0.717) is 47.3 Å². The second-order valence-electron chi connectivity index (χ2n) is 12.5. The van der Waals surface area contributed by atoms with Gasteiger partial charge >= 0.3 is 0 Å². The molecule has 10 nitrogen and oxygen atoms in total. The number of likely N-dealkylation sites (tertiary alicyclic amines) is 1. The summed E-state index contributed by atoms with van der Waals surface area (Å²) in [6.07, 6.45) is 10.2. The van der Waals surface area contributed by atoms with Crippen molar-refractivity contribution in [1.29, 1.82) is 0 Å². The lowest BCUT2D eigenvalue weighted by molar-refractivity contribution is 0.0306. The van der Waals surface area contributed by atoms with Gasteiger partial charge in [-0.1, -0.05) is 31.2 Å². The summed E-state index contributed by atoms with van der Waals surface area (Å²) in [6, 6.07) is 13.2. The first-order valence-electron chi connectivity index (χ1n) is 16.1. The molecule has 44 heavy (non-hydrogen) atoms. The standard InChI is InChI=1S/C34H42N8O2/c1-3-19-41-32(43)28-22-36-33(39-31(28)42(41)29-10-7-25-11-16-34(44,4-2)30(25)38-29)37-26-8-5-23(6-9-26)24-14-20-40(21-15-24)27-12-17-35-18-13-27/h3,5-10,22,24,27,35,44H,1,4,11-21H2,2H3,(H,36,37,39)/t34-/m1/s1. The summed E-state index contributed by atoms with van der Waals surface area (Å²) in [6.45, 7) is 10.7. The molecule has 4 aromatic rings. The summed E-state index contributed by atoms with van der Waals surface area (Å²) in [5.74, 6) is 1.52. The smallest absolute Gasteiger partial charge is 0.278 e. The van der Waals surface area contributed by atoms with Crippen LogP contribution in [0.4, 0.5) is 11.6 Å². The van der Waals surface area contributed by atoms with Crippen molar-refractivity contribution in [3.8, 4) is 5.82 Å². The summed E-state index contributed by atoms with van der Waals surface area (Å²) in [5, 5.41) is 18.4. The Balaban J connectivity index is 1.13. The van der Waals surface area contributed by atoms with Crippen LogP contribution in [0.15, 0.2) is 60.0 Å². The lowest BCUT2D eigenvalue weighted by atomic mass is 9.88. The molecule has 5 heterocycles. The molecule has 230 valence electrons. The summed E-state index contributed by atoms with van der Waals surface area (Å²) in [4.78, 5) is 30.3. The van der Waals surface area contributed by atoms with Crippen LogP contribution in [0.3, 0.4) is 0 Å². The molecule has 7 rings (SSSR count). The fourth-order valence-corrected chi connectivity index (χ4v) is 7.35. The van der Waals surface area contributed by atoms with E-state index in [9.17, 15) is 9.90 Å². The first kappa shape index (κ1) is 28.9. The van der Waals surface area contributed by atoms with Crippen LogP contribution in [0.1, 0.15) is 68.2 Å². The van der Waals surface area contributed by atoms with Crippen molar-refractivity contribution >= 4 is 22.7 Å². The summed E-state index contributed by atoms with van der Waals surface area (Å²) < 4.78 is 3.29. The number of aromatic nitrogens is 5. The van der Waals surface area contributed by atoms with Gasteiger partial charge in [0.2, 0.25) is 5.95 Å². The topological polar surface area (TPSA) is 113 Å². The maximum Gasteiger partial charge on any atom is 0.278 e. The molecule has 0 unspecified atom stereocenters. The highest BCUT2D eigenvalue weighted by Crippen LogP contribution is 2.38. The van der Waals surface area contributed by atoms with E-state index < -0.39 is 5.60 Å². The molecule has 0 amide bonds. The molecule has 1 aromatic carbocycles. The Hall–Kier alpha value is -3.86. The number of piperidine rings is 2. The molecule has 1 atom stereocenters. The minimum Gasteiger partial charge on any atom is -0.384 e. The van der Waals surface area contributed by atoms with E-state index in [2.05, 4.69) is 51.4 Å². The van der Waals surface area contributed by atoms with Gasteiger partial charge in [-0.05, 0) is 106 Å². The molecule has 2 aliphatic heterocycles. The van der Waals surface area contributed by atoms with Gasteiger partial charge in [-0.3, -0.25) is 4.79 Å². The molecule has 2 fully saturated rings. The van der Waals surface area contributed by atoms with Crippen molar-refractivity contribution in [2.45, 2.75) is 76.0 Å². The van der Waals surface area contributed by atoms with Gasteiger partial charge in [0.15, 0.2) is 11.5 Å². The first-order valence-corrected chi connectivity index (χ1v) is 16.1. The summed E-state index contributed by atoms with van der Waals surface area (Å²) in [5.41, 5.74) is 3.27. The molecule has 3 aliphatic rings. The molecule has 1 aliphatic carbocycles. The third kappa shape index (κ3) is 5.25. The van der Waals surface area contributed by atoms with Crippen molar-refractivity contribution < 1.29 is 5.11 Å². The highest BCUT2D eigenvalue weighted by atomic mass is 16.3. The van der Waals surface area contributed by atoms with E-state index in [-0.39, 0.29) is 12.1 Å². The predicted molar refractivity (Wildman–Crippen MR) is 173 cm³/mol. The summed E-state index contributed by atoms with van der Waals surface area (Å²) in [7, 11) is 0. The number of rotatable bonds is 8. The fraction of sp³-hybridized carbons (Fsp3) is 0.471. The minimum atomic E-state index is -0.962. The monoisotopic (exact) mass is 594 g/mol. The van der Waals surface area contributed by atoms with Crippen LogP contribution in [-0.2, 0) is 18.6 Å². The Morgan fingerprint density at radius 3 is 2.59 bits per heavy atom. The molecule has 3 aromatic heterocycles. The van der Waals surface area contributed by atoms with Gasteiger partial charge in [0, 0.05) is 17.9 Å². The van der Waals surface area contributed by atoms with Crippen molar-refractivity contribution in [2.75, 3.05) is 31.5 Å². The summed E-state index contributed by atoms with van der Waals surface area (Å²) >= 11 is 0. The van der Waals surface area contributed by atoms with Gasteiger partial charge in [-0.25, -0.2) is 19.3 Å². The van der Waals surface area contributed by atoms with Crippen molar-refractivity contribution in [2.24, 2.45) is 0 Å². The largest absolute Gasteiger partial charge is 0.384 e. The van der Waals surface area contributed by atoms with Gasteiger partial charge in [-0.15, -0.1) is 6.58 Å². The van der Waals surface area contributed by atoms with Crippen LogP contribution < -0.4 is 16.2 Å². The molecule has 0 bridgehead atoms. The number of benzene rings is 1. The third-order valence-electron chi connectivity index (χ3n) is 9.99. The van der Waals surface area contributed by atoms with Crippen molar-refractivity contribution in [1.82, 2.24) is 34.5 Å². The second kappa shape index (κ2) is 11.9. The van der Waals surface area contributed by atoms with Crippen LogP contribution in [0, 0.1) is 0 Å². The normalized spacial score (nSPS) is 21.5. The number of nitrogens with one attached hydrogen (secondary N) is 2. The number of allylic oxidation sites excluding steroid dienone is 1. The molecule has 3 N–H and O–H groups in total. The van der Waals surface area contributed by atoms with Crippen molar-refractivity contribution in [3.63, 3.8) is 0 Å². The number of pyridine rings is 1. The number of nitrogens with zero attached hydrogens (tertiary/aromatic N) is 6. The minimum absolute atomic E-state index is 0.213. The number of fused-ring (bicyclic) bond motifs is 2. The maximum absolute atomic E-state index is 13.4. The number of hydrogen-bond donors (Lipinski definition) is 3. The maximum atomic E-state index is 13.4. The fourth-order valence-electron chi connectivity index (χ4n) is 7.35. The van der Waals surface area contributed by atoms with Crippen LogP contribution in [0.25, 0.3) is 16.9 Å². The van der Waals surface area contributed by atoms with E-state index >= 15 is 0 Å². The Morgan fingerprint density at radius 1 is 1.09 bits per heavy atom. The Kier molecular flexibility index (Phi) is 7.82. The van der Waals surface area contributed by atoms with Crippen LogP contribution in [-0.4, -0.2) is 66.5 Å². The highest BCUT2D eigenvalue weighted by Gasteiger charge is 2.37.